The summed E-state index contributed by atoms with van der Waals surface area (Å²) in [6.45, 7) is 1.23. The Kier molecular flexibility index (Phi) is 4.24. The molecule has 1 aromatic rings. The van der Waals surface area contributed by atoms with Gasteiger partial charge in [-0.05, 0) is 25.0 Å². The van der Waals surface area contributed by atoms with E-state index in [1.165, 1.54) is 28.6 Å². The predicted octanol–water partition coefficient (Wildman–Crippen LogP) is 1.78. The van der Waals surface area contributed by atoms with Crippen LogP contribution in [0.1, 0.15) is 19.3 Å². The third-order valence-corrected chi connectivity index (χ3v) is 6.53. The van der Waals surface area contributed by atoms with Gasteiger partial charge in [-0.1, -0.05) is 12.1 Å². The molecule has 0 saturated carbocycles. The van der Waals surface area contributed by atoms with Crippen molar-refractivity contribution >= 4 is 10.0 Å². The summed E-state index contributed by atoms with van der Waals surface area (Å²) in [6.07, 6.45) is 2.09. The van der Waals surface area contributed by atoms with Crippen LogP contribution >= 0.6 is 0 Å². The molecule has 22 heavy (non-hydrogen) atoms. The molecule has 1 spiro atoms. The van der Waals surface area contributed by atoms with Gasteiger partial charge in [-0.15, -0.1) is 0 Å². The summed E-state index contributed by atoms with van der Waals surface area (Å²) >= 11 is 0. The van der Waals surface area contributed by atoms with Crippen molar-refractivity contribution in [2.24, 2.45) is 0 Å². The van der Waals surface area contributed by atoms with Crippen molar-refractivity contribution in [3.8, 4) is 0 Å². The average Bonchev–Trinajstić information content (AvgIpc) is 2.91. The van der Waals surface area contributed by atoms with E-state index in [4.69, 9.17) is 9.47 Å². The lowest BCUT2D eigenvalue weighted by atomic mass is 9.89. The van der Waals surface area contributed by atoms with Gasteiger partial charge in [-0.2, -0.15) is 4.31 Å². The van der Waals surface area contributed by atoms with E-state index in [0.29, 0.717) is 32.5 Å². The minimum atomic E-state index is -3.79. The Labute approximate surface area is 130 Å². The van der Waals surface area contributed by atoms with E-state index in [1.807, 2.05) is 0 Å². The number of ether oxygens (including phenoxy) is 2. The highest BCUT2D eigenvalue weighted by Gasteiger charge is 2.45. The smallest absolute Gasteiger partial charge is 0.245 e. The summed E-state index contributed by atoms with van der Waals surface area (Å²) in [5.74, 6) is -0.709. The van der Waals surface area contributed by atoms with E-state index >= 15 is 0 Å². The highest BCUT2D eigenvalue weighted by atomic mass is 32.2. The molecule has 122 valence electrons. The van der Waals surface area contributed by atoms with Crippen LogP contribution in [0.15, 0.2) is 29.2 Å². The molecule has 0 aliphatic carbocycles. The maximum Gasteiger partial charge on any atom is 0.245 e. The van der Waals surface area contributed by atoms with Gasteiger partial charge in [0.1, 0.15) is 10.7 Å². The van der Waals surface area contributed by atoms with Crippen molar-refractivity contribution in [1.82, 2.24) is 4.31 Å². The van der Waals surface area contributed by atoms with Gasteiger partial charge < -0.3 is 9.47 Å². The molecule has 3 rings (SSSR count). The van der Waals surface area contributed by atoms with Crippen molar-refractivity contribution in [3.63, 3.8) is 0 Å². The lowest BCUT2D eigenvalue weighted by Crippen LogP contribution is -2.46. The van der Waals surface area contributed by atoms with Gasteiger partial charge in [0.25, 0.3) is 0 Å². The lowest BCUT2D eigenvalue weighted by molar-refractivity contribution is -0.0328. The molecule has 0 amide bonds. The van der Waals surface area contributed by atoms with Gasteiger partial charge in [-0.3, -0.25) is 0 Å². The standard InChI is InChI=1S/C15H20FNO4S/c1-20-12-10-15(21-11-12)6-8-17(9-7-15)22(18,19)14-5-3-2-4-13(14)16/h2-5,12H,6-11H2,1H3/t12-/m1/s1. The van der Waals surface area contributed by atoms with E-state index in [2.05, 4.69) is 0 Å². The normalized spacial score (nSPS) is 25.6. The molecule has 2 aliphatic heterocycles. The van der Waals surface area contributed by atoms with Crippen molar-refractivity contribution in [1.29, 1.82) is 0 Å². The van der Waals surface area contributed by atoms with Crippen LogP contribution in [-0.2, 0) is 19.5 Å². The number of benzene rings is 1. The Morgan fingerprint density at radius 2 is 2.00 bits per heavy atom. The first kappa shape index (κ1) is 15.9. The summed E-state index contributed by atoms with van der Waals surface area (Å²) in [5, 5.41) is 0. The molecule has 0 unspecified atom stereocenters. The molecule has 2 saturated heterocycles. The number of hydrogen-bond acceptors (Lipinski definition) is 4. The van der Waals surface area contributed by atoms with E-state index in [-0.39, 0.29) is 16.6 Å². The molecular formula is C15H20FNO4S. The first-order chi connectivity index (χ1) is 10.5. The Morgan fingerprint density at radius 3 is 2.59 bits per heavy atom. The maximum absolute atomic E-state index is 13.8. The zero-order chi connectivity index (χ0) is 15.8. The van der Waals surface area contributed by atoms with Crippen LogP contribution in [0.25, 0.3) is 0 Å². The Bertz CT molecular complexity index is 641. The van der Waals surface area contributed by atoms with E-state index in [0.717, 1.165) is 6.42 Å². The molecule has 2 fully saturated rings. The summed E-state index contributed by atoms with van der Waals surface area (Å²) in [6, 6.07) is 5.49. The van der Waals surface area contributed by atoms with Crippen LogP contribution in [-0.4, -0.2) is 51.2 Å². The molecular weight excluding hydrogens is 309 g/mol. The predicted molar refractivity (Wildman–Crippen MR) is 78.5 cm³/mol. The Balaban J connectivity index is 1.73. The first-order valence-corrected chi connectivity index (χ1v) is 8.82. The molecule has 2 aliphatic rings. The summed E-state index contributed by atoms with van der Waals surface area (Å²) < 4.78 is 51.4. The van der Waals surface area contributed by atoms with E-state index < -0.39 is 15.8 Å². The van der Waals surface area contributed by atoms with E-state index in [1.54, 1.807) is 7.11 Å². The summed E-state index contributed by atoms with van der Waals surface area (Å²) in [7, 11) is -2.13. The molecule has 2 heterocycles. The number of hydrogen-bond donors (Lipinski definition) is 0. The number of methoxy groups -OCH3 is 1. The number of nitrogens with zero attached hydrogens (tertiary/aromatic N) is 1. The first-order valence-electron chi connectivity index (χ1n) is 7.38. The molecule has 5 nitrogen and oxygen atoms in total. The van der Waals surface area contributed by atoms with E-state index in [9.17, 15) is 12.8 Å². The van der Waals surface area contributed by atoms with Crippen molar-refractivity contribution in [3.05, 3.63) is 30.1 Å². The van der Waals surface area contributed by atoms with Gasteiger partial charge in [0.05, 0.1) is 18.3 Å². The molecule has 0 N–H and O–H groups in total. The monoisotopic (exact) mass is 329 g/mol. The van der Waals surface area contributed by atoms with Gasteiger partial charge in [0.15, 0.2) is 0 Å². The van der Waals surface area contributed by atoms with Crippen molar-refractivity contribution in [2.45, 2.75) is 35.9 Å². The molecule has 0 radical (unpaired) electrons. The second-order valence-electron chi connectivity index (χ2n) is 5.89. The average molecular weight is 329 g/mol. The highest BCUT2D eigenvalue weighted by molar-refractivity contribution is 7.89. The van der Waals surface area contributed by atoms with Crippen LogP contribution in [0, 0.1) is 5.82 Å². The minimum absolute atomic E-state index is 0.0784. The second-order valence-corrected chi connectivity index (χ2v) is 7.80. The fourth-order valence-electron chi connectivity index (χ4n) is 3.23. The van der Waals surface area contributed by atoms with Gasteiger partial charge in [0.2, 0.25) is 10.0 Å². The quantitative estimate of drug-likeness (QED) is 0.848. The van der Waals surface area contributed by atoms with Crippen LogP contribution in [0.5, 0.6) is 0 Å². The zero-order valence-electron chi connectivity index (χ0n) is 12.5. The number of halogens is 1. The number of piperidine rings is 1. The number of sulfonamides is 1. The third kappa shape index (κ3) is 2.78. The Morgan fingerprint density at radius 1 is 1.32 bits per heavy atom. The van der Waals surface area contributed by atoms with Gasteiger partial charge in [-0.25, -0.2) is 12.8 Å². The Hall–Kier alpha value is -1.02. The minimum Gasteiger partial charge on any atom is -0.379 e. The zero-order valence-corrected chi connectivity index (χ0v) is 13.3. The van der Waals surface area contributed by atoms with Crippen LogP contribution in [0.3, 0.4) is 0 Å². The number of rotatable bonds is 3. The van der Waals surface area contributed by atoms with Gasteiger partial charge >= 0.3 is 0 Å². The molecule has 1 atom stereocenters. The fraction of sp³-hybridized carbons (Fsp3) is 0.600. The lowest BCUT2D eigenvalue weighted by Gasteiger charge is -2.37. The summed E-state index contributed by atoms with van der Waals surface area (Å²) in [5.41, 5.74) is -0.290. The topological polar surface area (TPSA) is 55.8 Å². The molecule has 1 aromatic carbocycles. The van der Waals surface area contributed by atoms with Crippen LogP contribution < -0.4 is 0 Å². The largest absolute Gasteiger partial charge is 0.379 e. The SMILES string of the molecule is CO[C@H]1COC2(CCN(S(=O)(=O)c3ccccc3F)CC2)C1. The van der Waals surface area contributed by atoms with Crippen LogP contribution in [0.2, 0.25) is 0 Å². The summed E-state index contributed by atoms with van der Waals surface area (Å²) in [4.78, 5) is -0.256. The van der Waals surface area contributed by atoms with Gasteiger partial charge in [0, 0.05) is 26.6 Å². The molecule has 0 aromatic heterocycles. The maximum atomic E-state index is 13.8. The fourth-order valence-corrected chi connectivity index (χ4v) is 4.74. The molecule has 0 bridgehead atoms. The highest BCUT2D eigenvalue weighted by Crippen LogP contribution is 2.38. The van der Waals surface area contributed by atoms with Crippen molar-refractivity contribution in [2.75, 3.05) is 26.8 Å². The van der Waals surface area contributed by atoms with Crippen LogP contribution in [0.4, 0.5) is 4.39 Å². The molecule has 7 heteroatoms. The second kappa shape index (κ2) is 5.88. The third-order valence-electron chi connectivity index (χ3n) is 4.60. The van der Waals surface area contributed by atoms with Crippen molar-refractivity contribution < 1.29 is 22.3 Å².